The average molecular weight is 492 g/mol. The molecule has 2 saturated heterocycles. The van der Waals surface area contributed by atoms with E-state index in [2.05, 4.69) is 53.8 Å². The molecule has 0 spiro atoms. The molecular weight excluding hydrogens is 458 g/mol. The maximum Gasteiger partial charge on any atom is 0.158 e. The molecule has 1 N–H and O–H groups in total. The van der Waals surface area contributed by atoms with E-state index in [1.165, 1.54) is 28.3 Å². The van der Waals surface area contributed by atoms with E-state index in [9.17, 15) is 0 Å². The molecule has 0 aliphatic carbocycles. The molecule has 2 aliphatic heterocycles. The summed E-state index contributed by atoms with van der Waals surface area (Å²) in [4.78, 5) is 13.0. The predicted octanol–water partition coefficient (Wildman–Crippen LogP) is 4.89. The van der Waals surface area contributed by atoms with Crippen LogP contribution in [0.5, 0.6) is 0 Å². The molecule has 4 aromatic rings. The van der Waals surface area contributed by atoms with Crippen molar-refractivity contribution in [2.24, 2.45) is 5.41 Å². The second-order valence-electron chi connectivity index (χ2n) is 10.9. The summed E-state index contributed by atoms with van der Waals surface area (Å²) in [6.07, 6.45) is 7.99. The number of pyridine rings is 1. The molecule has 0 radical (unpaired) electrons. The van der Waals surface area contributed by atoms with Crippen molar-refractivity contribution in [2.45, 2.75) is 52.4 Å². The lowest BCUT2D eigenvalue weighted by molar-refractivity contribution is -0.116. The minimum Gasteiger partial charge on any atom is -0.380 e. The van der Waals surface area contributed by atoms with E-state index in [-0.39, 0.29) is 0 Å². The van der Waals surface area contributed by atoms with Gasteiger partial charge in [0.1, 0.15) is 6.33 Å². The first kappa shape index (κ1) is 22.8. The largest absolute Gasteiger partial charge is 0.380 e. The Bertz CT molecular complexity index is 1340. The maximum atomic E-state index is 5.44. The number of rotatable bonds is 6. The Morgan fingerprint density at radius 3 is 2.74 bits per heavy atom. The van der Waals surface area contributed by atoms with Crippen LogP contribution in [-0.4, -0.2) is 67.5 Å². The van der Waals surface area contributed by atoms with Crippen LogP contribution < -0.4 is 0 Å². The molecule has 0 saturated carbocycles. The molecule has 2 aliphatic rings. The second kappa shape index (κ2) is 8.80. The number of aromatic amines is 1. The van der Waals surface area contributed by atoms with Crippen molar-refractivity contribution < 1.29 is 4.74 Å². The van der Waals surface area contributed by atoms with Crippen molar-refractivity contribution in [1.29, 1.82) is 0 Å². The Hall–Kier alpha value is -2.62. The van der Waals surface area contributed by atoms with Gasteiger partial charge in [0.15, 0.2) is 5.65 Å². The molecule has 0 unspecified atom stereocenters. The van der Waals surface area contributed by atoms with Gasteiger partial charge in [-0.15, -0.1) is 11.3 Å². The van der Waals surface area contributed by atoms with Gasteiger partial charge in [0.25, 0.3) is 0 Å². The Labute approximate surface area is 209 Å². The molecule has 6 rings (SSSR count). The summed E-state index contributed by atoms with van der Waals surface area (Å²) in [6, 6.07) is 2.15. The fraction of sp³-hybridized carbons (Fsp3) is 0.538. The summed E-state index contributed by atoms with van der Waals surface area (Å²) in [5, 5.41) is 13.7. The Morgan fingerprint density at radius 2 is 2.03 bits per heavy atom. The number of ether oxygens (including phenoxy) is 1. The minimum atomic E-state index is 0.316. The SMILES string of the molecule is Cc1cc(-c2n[nH]c(-c3cnc(C4CCN(CC5(C)COC5)CC4)s3)c2C(C)C)cn2ncnc12. The number of hydrogen-bond donors (Lipinski definition) is 1. The Kier molecular flexibility index (Phi) is 5.74. The highest BCUT2D eigenvalue weighted by atomic mass is 32.1. The topological polar surface area (TPSA) is 84.2 Å². The summed E-state index contributed by atoms with van der Waals surface area (Å²) >= 11 is 1.82. The molecular formula is C26H33N7OS. The zero-order valence-electron chi connectivity index (χ0n) is 20.9. The van der Waals surface area contributed by atoms with Gasteiger partial charge in [-0.3, -0.25) is 5.10 Å². The fourth-order valence-corrected chi connectivity index (χ4v) is 6.65. The van der Waals surface area contributed by atoms with Crippen LogP contribution in [0, 0.1) is 12.3 Å². The van der Waals surface area contributed by atoms with Crippen molar-refractivity contribution in [1.82, 2.24) is 34.7 Å². The van der Waals surface area contributed by atoms with Crippen molar-refractivity contribution in [3.05, 3.63) is 40.9 Å². The minimum absolute atomic E-state index is 0.316. The van der Waals surface area contributed by atoms with Crippen molar-refractivity contribution >= 4 is 17.0 Å². The van der Waals surface area contributed by atoms with Gasteiger partial charge in [0.2, 0.25) is 0 Å². The lowest BCUT2D eigenvalue weighted by Crippen LogP contribution is -2.50. The van der Waals surface area contributed by atoms with Crippen LogP contribution in [0.25, 0.3) is 27.5 Å². The fourth-order valence-electron chi connectivity index (χ4n) is 5.56. The Balaban J connectivity index is 1.23. The van der Waals surface area contributed by atoms with E-state index < -0.39 is 0 Å². The van der Waals surface area contributed by atoms with E-state index >= 15 is 0 Å². The third kappa shape index (κ3) is 4.19. The summed E-state index contributed by atoms with van der Waals surface area (Å²) in [5.74, 6) is 0.855. The molecule has 6 heterocycles. The standard InChI is InChI=1S/C26H33N7OS/c1-16(2)21-22(19-9-17(3)24-28-15-29-33(24)11-19)30-31-23(21)20-10-27-25(35-20)18-5-7-32(8-6-18)12-26(4)13-34-14-26/h9-11,15-16,18H,5-8,12-14H2,1-4H3,(H,30,31). The molecule has 8 nitrogen and oxygen atoms in total. The lowest BCUT2D eigenvalue weighted by atomic mass is 9.86. The van der Waals surface area contributed by atoms with Gasteiger partial charge < -0.3 is 9.64 Å². The van der Waals surface area contributed by atoms with Crippen LogP contribution in [0.1, 0.15) is 61.6 Å². The quantitative estimate of drug-likeness (QED) is 0.413. The van der Waals surface area contributed by atoms with Crippen LogP contribution in [-0.2, 0) is 4.74 Å². The summed E-state index contributed by atoms with van der Waals surface area (Å²) in [5.41, 5.74) is 6.66. The lowest BCUT2D eigenvalue weighted by Gasteiger charge is -2.43. The molecule has 35 heavy (non-hydrogen) atoms. The van der Waals surface area contributed by atoms with Crippen LogP contribution in [0.4, 0.5) is 0 Å². The first-order chi connectivity index (χ1) is 16.9. The third-order valence-corrected chi connectivity index (χ3v) is 8.60. The van der Waals surface area contributed by atoms with Gasteiger partial charge in [-0.2, -0.15) is 10.2 Å². The number of H-pyrrole nitrogens is 1. The molecule has 9 heteroatoms. The number of hydrogen-bond acceptors (Lipinski definition) is 7. The molecule has 4 aromatic heterocycles. The van der Waals surface area contributed by atoms with Crippen LogP contribution >= 0.6 is 11.3 Å². The normalized spacial score (nSPS) is 19.0. The van der Waals surface area contributed by atoms with Gasteiger partial charge in [-0.25, -0.2) is 14.5 Å². The van der Waals surface area contributed by atoms with Crippen LogP contribution in [0.3, 0.4) is 0 Å². The first-order valence-corrected chi connectivity index (χ1v) is 13.4. The highest BCUT2D eigenvalue weighted by Crippen LogP contribution is 2.40. The number of nitrogens with zero attached hydrogens (tertiary/aromatic N) is 6. The number of piperidine rings is 1. The zero-order chi connectivity index (χ0) is 24.2. The summed E-state index contributed by atoms with van der Waals surface area (Å²) in [7, 11) is 0. The molecule has 0 amide bonds. The number of aromatic nitrogens is 6. The molecule has 184 valence electrons. The first-order valence-electron chi connectivity index (χ1n) is 12.5. The van der Waals surface area contributed by atoms with Crippen molar-refractivity contribution in [3.8, 4) is 21.8 Å². The van der Waals surface area contributed by atoms with Gasteiger partial charge in [-0.05, 0) is 50.4 Å². The van der Waals surface area contributed by atoms with Gasteiger partial charge in [0, 0.05) is 41.4 Å². The smallest absolute Gasteiger partial charge is 0.158 e. The summed E-state index contributed by atoms with van der Waals surface area (Å²) in [6.45, 7) is 14.1. The van der Waals surface area contributed by atoms with Gasteiger partial charge >= 0.3 is 0 Å². The summed E-state index contributed by atoms with van der Waals surface area (Å²) < 4.78 is 7.27. The molecule has 2 fully saturated rings. The third-order valence-electron chi connectivity index (χ3n) is 7.43. The van der Waals surface area contributed by atoms with E-state index in [0.29, 0.717) is 17.3 Å². The molecule has 0 aromatic carbocycles. The van der Waals surface area contributed by atoms with E-state index in [0.717, 1.165) is 61.0 Å². The molecule has 0 bridgehead atoms. The average Bonchev–Trinajstić information content (AvgIpc) is 3.57. The van der Waals surface area contributed by atoms with Crippen LogP contribution in [0.15, 0.2) is 24.8 Å². The van der Waals surface area contributed by atoms with Gasteiger partial charge in [0.05, 0.1) is 34.5 Å². The number of thiazole rings is 1. The number of likely N-dealkylation sites (tertiary alicyclic amines) is 1. The highest BCUT2D eigenvalue weighted by Gasteiger charge is 2.36. The monoisotopic (exact) mass is 491 g/mol. The van der Waals surface area contributed by atoms with E-state index in [1.54, 1.807) is 6.33 Å². The maximum absolute atomic E-state index is 5.44. The molecule has 0 atom stereocenters. The second-order valence-corrected chi connectivity index (χ2v) is 11.9. The van der Waals surface area contributed by atoms with E-state index in [4.69, 9.17) is 14.8 Å². The predicted molar refractivity (Wildman–Crippen MR) is 138 cm³/mol. The van der Waals surface area contributed by atoms with Gasteiger partial charge in [-0.1, -0.05) is 20.8 Å². The number of nitrogens with one attached hydrogen (secondary N) is 1. The van der Waals surface area contributed by atoms with Crippen LogP contribution in [0.2, 0.25) is 0 Å². The zero-order valence-corrected chi connectivity index (χ0v) is 21.7. The Morgan fingerprint density at radius 1 is 1.23 bits per heavy atom. The highest BCUT2D eigenvalue weighted by molar-refractivity contribution is 7.15. The van der Waals surface area contributed by atoms with Crippen molar-refractivity contribution in [2.75, 3.05) is 32.8 Å². The van der Waals surface area contributed by atoms with Crippen molar-refractivity contribution in [3.63, 3.8) is 0 Å². The van der Waals surface area contributed by atoms with E-state index in [1.807, 2.05) is 28.2 Å². The number of aryl methyl sites for hydroxylation is 1. The number of fused-ring (bicyclic) bond motifs is 1.